The predicted octanol–water partition coefficient (Wildman–Crippen LogP) is 6.23. The molecule has 0 fully saturated rings. The van der Waals surface area contributed by atoms with Crippen LogP contribution in [0.2, 0.25) is 0 Å². The van der Waals surface area contributed by atoms with Crippen molar-refractivity contribution in [3.63, 3.8) is 0 Å². The minimum absolute atomic E-state index is 0.175. The summed E-state index contributed by atoms with van der Waals surface area (Å²) in [6.07, 6.45) is 7.64. The van der Waals surface area contributed by atoms with Crippen LogP contribution < -0.4 is 10.3 Å². The standard InChI is InChI=1S/C28H30BN/c1-4-22-9-15-25(16-10-22)28-8-7-21-29(26-17-11-23(5-2)12-18-26)30(28)27-19-13-24(6-3)14-20-27/h7-21H,4-6H2,1-3H3. The fourth-order valence-corrected chi connectivity index (χ4v) is 4.12. The number of hydrogen-bond donors (Lipinski definition) is 0. The molecule has 2 heteroatoms. The van der Waals surface area contributed by atoms with Crippen molar-refractivity contribution in [1.29, 1.82) is 0 Å². The van der Waals surface area contributed by atoms with Gasteiger partial charge in [0.2, 0.25) is 0 Å². The summed E-state index contributed by atoms with van der Waals surface area (Å²) in [5.74, 6) is 2.30. The lowest BCUT2D eigenvalue weighted by atomic mass is 9.52. The molecule has 0 N–H and O–H groups in total. The topological polar surface area (TPSA) is 3.24 Å². The summed E-state index contributed by atoms with van der Waals surface area (Å²) in [5, 5.41) is 0. The third-order valence-corrected chi connectivity index (χ3v) is 6.10. The number of anilines is 1. The van der Waals surface area contributed by atoms with E-state index in [0.29, 0.717) is 0 Å². The first-order valence-corrected chi connectivity index (χ1v) is 11.2. The SMILES string of the molecule is CCc1ccc(B2C=CC=C(c3ccc(CC)cc3)N2c2ccc(CC)cc2)cc1. The van der Waals surface area contributed by atoms with Crippen LogP contribution in [-0.2, 0) is 19.3 Å². The molecule has 0 amide bonds. The molecule has 0 atom stereocenters. The van der Waals surface area contributed by atoms with Crippen LogP contribution in [0, 0.1) is 0 Å². The van der Waals surface area contributed by atoms with E-state index in [4.69, 9.17) is 0 Å². The third-order valence-electron chi connectivity index (χ3n) is 6.10. The average Bonchev–Trinajstić information content (AvgIpc) is 2.84. The van der Waals surface area contributed by atoms with Crippen LogP contribution in [-0.4, -0.2) is 6.85 Å². The molecule has 0 spiro atoms. The molecular formula is C28H30BN. The van der Waals surface area contributed by atoms with Crippen LogP contribution in [0.25, 0.3) is 5.70 Å². The summed E-state index contributed by atoms with van der Waals surface area (Å²) in [7, 11) is 0. The van der Waals surface area contributed by atoms with E-state index in [-0.39, 0.29) is 6.85 Å². The maximum absolute atomic E-state index is 2.47. The molecule has 3 aromatic rings. The van der Waals surface area contributed by atoms with Gasteiger partial charge in [0.05, 0.1) is 0 Å². The van der Waals surface area contributed by atoms with Gasteiger partial charge in [-0.2, -0.15) is 0 Å². The number of nitrogens with zero attached hydrogens (tertiary/aromatic N) is 1. The molecule has 3 aromatic carbocycles. The first-order valence-electron chi connectivity index (χ1n) is 11.2. The van der Waals surface area contributed by atoms with E-state index in [0.717, 1.165) is 19.3 Å². The minimum Gasteiger partial charge on any atom is -0.377 e. The van der Waals surface area contributed by atoms with E-state index in [2.05, 4.69) is 117 Å². The first-order chi connectivity index (χ1) is 14.7. The molecule has 0 bridgehead atoms. The van der Waals surface area contributed by atoms with Crippen molar-refractivity contribution in [2.45, 2.75) is 40.0 Å². The molecule has 0 saturated carbocycles. The zero-order chi connectivity index (χ0) is 20.9. The molecular weight excluding hydrogens is 361 g/mol. The van der Waals surface area contributed by atoms with Gasteiger partial charge in [-0.15, -0.1) is 0 Å². The molecule has 150 valence electrons. The Morgan fingerprint density at radius 1 is 0.633 bits per heavy atom. The maximum Gasteiger partial charge on any atom is 0.320 e. The van der Waals surface area contributed by atoms with E-state index in [1.807, 2.05) is 0 Å². The summed E-state index contributed by atoms with van der Waals surface area (Å²) in [5.41, 5.74) is 9.17. The highest BCUT2D eigenvalue weighted by atomic mass is 15.1. The highest BCUT2D eigenvalue weighted by molar-refractivity contribution is 6.83. The van der Waals surface area contributed by atoms with Gasteiger partial charge >= 0.3 is 6.85 Å². The van der Waals surface area contributed by atoms with Crippen molar-refractivity contribution in [2.75, 3.05) is 4.81 Å². The Hall–Kier alpha value is -3.00. The second kappa shape index (κ2) is 9.22. The van der Waals surface area contributed by atoms with Crippen LogP contribution in [0.4, 0.5) is 5.69 Å². The zero-order valence-electron chi connectivity index (χ0n) is 18.3. The second-order valence-electron chi connectivity index (χ2n) is 7.92. The lowest BCUT2D eigenvalue weighted by Gasteiger charge is -2.35. The van der Waals surface area contributed by atoms with Crippen molar-refractivity contribution in [3.05, 3.63) is 113 Å². The maximum atomic E-state index is 2.47. The summed E-state index contributed by atoms with van der Waals surface area (Å²) < 4.78 is 0. The molecule has 30 heavy (non-hydrogen) atoms. The Balaban J connectivity index is 1.78. The fourth-order valence-electron chi connectivity index (χ4n) is 4.12. The lowest BCUT2D eigenvalue weighted by molar-refractivity contribution is 1.14. The van der Waals surface area contributed by atoms with Gasteiger partial charge in [-0.05, 0) is 59.7 Å². The number of benzene rings is 3. The van der Waals surface area contributed by atoms with E-state index in [9.17, 15) is 0 Å². The number of hydrogen-bond acceptors (Lipinski definition) is 1. The van der Waals surface area contributed by atoms with Crippen LogP contribution in [0.15, 0.2) is 90.9 Å². The normalized spacial score (nSPS) is 13.5. The summed E-state index contributed by atoms with van der Waals surface area (Å²) >= 11 is 0. The van der Waals surface area contributed by atoms with Gasteiger partial charge in [0.1, 0.15) is 0 Å². The third kappa shape index (κ3) is 4.14. The molecule has 0 aliphatic carbocycles. The van der Waals surface area contributed by atoms with Crippen LogP contribution >= 0.6 is 0 Å². The van der Waals surface area contributed by atoms with Crippen molar-refractivity contribution in [2.24, 2.45) is 0 Å². The van der Waals surface area contributed by atoms with E-state index in [1.54, 1.807) is 0 Å². The Labute approximate surface area is 181 Å². The fraction of sp³-hybridized carbons (Fsp3) is 0.214. The largest absolute Gasteiger partial charge is 0.377 e. The smallest absolute Gasteiger partial charge is 0.320 e. The Morgan fingerprint density at radius 3 is 1.67 bits per heavy atom. The molecule has 0 aromatic heterocycles. The molecule has 0 saturated heterocycles. The quantitative estimate of drug-likeness (QED) is 0.450. The van der Waals surface area contributed by atoms with Gasteiger partial charge in [0, 0.05) is 11.4 Å². The molecule has 1 aliphatic rings. The Kier molecular flexibility index (Phi) is 6.23. The average molecular weight is 391 g/mol. The molecule has 0 radical (unpaired) electrons. The highest BCUT2D eigenvalue weighted by Gasteiger charge is 2.29. The lowest BCUT2D eigenvalue weighted by Crippen LogP contribution is -2.47. The van der Waals surface area contributed by atoms with Gasteiger partial charge in [0.25, 0.3) is 0 Å². The van der Waals surface area contributed by atoms with Gasteiger partial charge < -0.3 is 4.81 Å². The van der Waals surface area contributed by atoms with Crippen molar-refractivity contribution in [1.82, 2.24) is 0 Å². The predicted molar refractivity (Wildman–Crippen MR) is 132 cm³/mol. The summed E-state index contributed by atoms with van der Waals surface area (Å²) in [4.78, 5) is 2.47. The Bertz CT molecular complexity index is 1030. The van der Waals surface area contributed by atoms with Crippen molar-refractivity contribution in [3.8, 4) is 0 Å². The molecule has 1 heterocycles. The van der Waals surface area contributed by atoms with Crippen LogP contribution in [0.1, 0.15) is 43.0 Å². The van der Waals surface area contributed by atoms with Crippen molar-refractivity contribution >= 4 is 23.7 Å². The van der Waals surface area contributed by atoms with Gasteiger partial charge in [-0.3, -0.25) is 0 Å². The van der Waals surface area contributed by atoms with Crippen LogP contribution in [0.5, 0.6) is 0 Å². The van der Waals surface area contributed by atoms with Crippen molar-refractivity contribution < 1.29 is 0 Å². The van der Waals surface area contributed by atoms with Gasteiger partial charge in [0.15, 0.2) is 0 Å². The number of aryl methyl sites for hydroxylation is 3. The Morgan fingerprint density at radius 2 is 1.13 bits per heavy atom. The second-order valence-corrected chi connectivity index (χ2v) is 7.92. The van der Waals surface area contributed by atoms with E-state index < -0.39 is 0 Å². The van der Waals surface area contributed by atoms with E-state index >= 15 is 0 Å². The molecule has 4 rings (SSSR count). The number of rotatable bonds is 6. The summed E-state index contributed by atoms with van der Waals surface area (Å²) in [6, 6.07) is 27.1. The zero-order valence-corrected chi connectivity index (χ0v) is 18.3. The van der Waals surface area contributed by atoms with Gasteiger partial charge in [-0.1, -0.05) is 98.9 Å². The monoisotopic (exact) mass is 391 g/mol. The number of allylic oxidation sites excluding steroid dienone is 2. The molecule has 0 unspecified atom stereocenters. The van der Waals surface area contributed by atoms with Crippen LogP contribution in [0.3, 0.4) is 0 Å². The highest BCUT2D eigenvalue weighted by Crippen LogP contribution is 2.31. The molecule has 1 nitrogen and oxygen atoms in total. The summed E-state index contributed by atoms with van der Waals surface area (Å²) in [6.45, 7) is 6.79. The molecule has 1 aliphatic heterocycles. The minimum atomic E-state index is 0.175. The van der Waals surface area contributed by atoms with Gasteiger partial charge in [-0.25, -0.2) is 0 Å². The van der Waals surface area contributed by atoms with E-state index in [1.165, 1.54) is 39.1 Å². The first kappa shape index (κ1) is 20.3.